The van der Waals surface area contributed by atoms with E-state index in [-0.39, 0.29) is 6.01 Å². The van der Waals surface area contributed by atoms with Gasteiger partial charge >= 0.3 is 6.01 Å². The fourth-order valence-corrected chi connectivity index (χ4v) is 0.774. The molecule has 1 atom stereocenters. The van der Waals surface area contributed by atoms with E-state index < -0.39 is 6.29 Å². The van der Waals surface area contributed by atoms with Crippen LogP contribution in [0.2, 0.25) is 0 Å². The number of aromatic nitrogens is 2. The van der Waals surface area contributed by atoms with Crippen LogP contribution >= 0.6 is 0 Å². The minimum Gasteiger partial charge on any atom is -0.434 e. The van der Waals surface area contributed by atoms with Gasteiger partial charge in [0.2, 0.25) is 6.29 Å². The van der Waals surface area contributed by atoms with E-state index >= 15 is 0 Å². The summed E-state index contributed by atoms with van der Waals surface area (Å²) in [5.41, 5.74) is 0. The first kappa shape index (κ1) is 8.93. The normalized spacial score (nSPS) is 12.5. The Morgan fingerprint density at radius 2 is 2.17 bits per heavy atom. The molecule has 1 aromatic heterocycles. The van der Waals surface area contributed by atoms with Crippen LogP contribution in [0.3, 0.4) is 0 Å². The predicted molar refractivity (Wildman–Crippen MR) is 43.6 cm³/mol. The Hall–Kier alpha value is -1.16. The number of hydrogen-bond donors (Lipinski definition) is 1. The molecule has 1 N–H and O–H groups in total. The second-order valence-electron chi connectivity index (χ2n) is 2.39. The molecule has 0 fully saturated rings. The Bertz CT molecular complexity index is 216. The van der Waals surface area contributed by atoms with Crippen LogP contribution in [-0.2, 0) is 0 Å². The molecule has 0 radical (unpaired) electrons. The highest BCUT2D eigenvalue weighted by molar-refractivity contribution is 4.93. The first-order valence-electron chi connectivity index (χ1n) is 3.94. The molecule has 1 unspecified atom stereocenters. The Morgan fingerprint density at radius 3 is 2.75 bits per heavy atom. The largest absolute Gasteiger partial charge is 0.434 e. The second-order valence-corrected chi connectivity index (χ2v) is 2.39. The number of aliphatic hydroxyl groups excluding tert-OH is 1. The molecule has 4 heteroatoms. The standard InChI is InChI=1S/C8H12N2O2/c1-2-4-7(11)12-8-9-5-3-6-10-8/h3,5-7,11H,2,4H2,1H3. The first-order chi connectivity index (χ1) is 5.83. The summed E-state index contributed by atoms with van der Waals surface area (Å²) in [5.74, 6) is 0. The van der Waals surface area contributed by atoms with Gasteiger partial charge in [0, 0.05) is 18.8 Å². The smallest absolute Gasteiger partial charge is 0.318 e. The number of aliphatic hydroxyl groups is 1. The van der Waals surface area contributed by atoms with Crippen molar-refractivity contribution in [2.45, 2.75) is 26.1 Å². The lowest BCUT2D eigenvalue weighted by Crippen LogP contribution is -2.16. The maximum atomic E-state index is 9.20. The maximum absolute atomic E-state index is 9.20. The minimum absolute atomic E-state index is 0.221. The molecule has 0 aromatic carbocycles. The summed E-state index contributed by atoms with van der Waals surface area (Å²) in [7, 11) is 0. The van der Waals surface area contributed by atoms with Gasteiger partial charge in [-0.25, -0.2) is 9.97 Å². The van der Waals surface area contributed by atoms with Crippen molar-refractivity contribution >= 4 is 0 Å². The highest BCUT2D eigenvalue weighted by atomic mass is 16.6. The Labute approximate surface area is 71.2 Å². The molecule has 4 nitrogen and oxygen atoms in total. The molecule has 0 bridgehead atoms. The van der Waals surface area contributed by atoms with Crippen LogP contribution in [0.1, 0.15) is 19.8 Å². The predicted octanol–water partition coefficient (Wildman–Crippen LogP) is 0.974. The van der Waals surface area contributed by atoms with Crippen LogP contribution in [0.15, 0.2) is 18.5 Å². The molecule has 1 heterocycles. The topological polar surface area (TPSA) is 55.2 Å². The zero-order valence-electron chi connectivity index (χ0n) is 6.97. The van der Waals surface area contributed by atoms with Gasteiger partial charge in [0.05, 0.1) is 0 Å². The van der Waals surface area contributed by atoms with Crippen molar-refractivity contribution in [3.63, 3.8) is 0 Å². The van der Waals surface area contributed by atoms with Crippen molar-refractivity contribution in [1.29, 1.82) is 0 Å². The van der Waals surface area contributed by atoms with E-state index in [4.69, 9.17) is 4.74 Å². The molecule has 0 aliphatic heterocycles. The van der Waals surface area contributed by atoms with Crippen LogP contribution in [0.25, 0.3) is 0 Å². The van der Waals surface area contributed by atoms with Crippen molar-refractivity contribution in [1.82, 2.24) is 9.97 Å². The summed E-state index contributed by atoms with van der Waals surface area (Å²) in [6, 6.07) is 1.91. The van der Waals surface area contributed by atoms with Crippen molar-refractivity contribution in [3.8, 4) is 6.01 Å². The highest BCUT2D eigenvalue weighted by Gasteiger charge is 2.04. The molecule has 0 aliphatic rings. The summed E-state index contributed by atoms with van der Waals surface area (Å²) in [5, 5.41) is 9.20. The monoisotopic (exact) mass is 168 g/mol. The second kappa shape index (κ2) is 4.66. The summed E-state index contributed by atoms with van der Waals surface area (Å²) in [4.78, 5) is 7.62. The zero-order valence-corrected chi connectivity index (χ0v) is 6.97. The molecule has 0 spiro atoms. The molecule has 0 aliphatic carbocycles. The summed E-state index contributed by atoms with van der Waals surface area (Å²) in [6.45, 7) is 1.97. The van der Waals surface area contributed by atoms with Gasteiger partial charge in [-0.05, 0) is 6.07 Å². The summed E-state index contributed by atoms with van der Waals surface area (Å²) < 4.78 is 4.99. The van der Waals surface area contributed by atoms with Crippen LogP contribution in [0, 0.1) is 0 Å². The number of ether oxygens (including phenoxy) is 1. The first-order valence-corrected chi connectivity index (χ1v) is 3.94. The van der Waals surface area contributed by atoms with Crippen LogP contribution in [0.5, 0.6) is 6.01 Å². The van der Waals surface area contributed by atoms with Gasteiger partial charge in [0.25, 0.3) is 0 Å². The van der Waals surface area contributed by atoms with E-state index in [9.17, 15) is 5.11 Å². The average molecular weight is 168 g/mol. The Balaban J connectivity index is 2.41. The van der Waals surface area contributed by atoms with Crippen molar-refractivity contribution in [3.05, 3.63) is 18.5 Å². The van der Waals surface area contributed by atoms with Gasteiger partial charge in [-0.2, -0.15) is 0 Å². The SMILES string of the molecule is CCCC(O)Oc1ncccn1. The third-order valence-electron chi connectivity index (χ3n) is 1.32. The third-order valence-corrected chi connectivity index (χ3v) is 1.32. The van der Waals surface area contributed by atoms with Gasteiger partial charge < -0.3 is 9.84 Å². The molecular weight excluding hydrogens is 156 g/mol. The number of hydrogen-bond acceptors (Lipinski definition) is 4. The van der Waals surface area contributed by atoms with Gasteiger partial charge in [-0.15, -0.1) is 0 Å². The van der Waals surface area contributed by atoms with E-state index in [0.717, 1.165) is 6.42 Å². The van der Waals surface area contributed by atoms with E-state index in [1.807, 2.05) is 6.92 Å². The molecule has 0 saturated carbocycles. The molecular formula is C8H12N2O2. The molecule has 0 saturated heterocycles. The lowest BCUT2D eigenvalue weighted by Gasteiger charge is -2.09. The Morgan fingerprint density at radius 1 is 1.50 bits per heavy atom. The van der Waals surface area contributed by atoms with Gasteiger partial charge in [0.15, 0.2) is 0 Å². The van der Waals surface area contributed by atoms with Crippen molar-refractivity contribution in [2.75, 3.05) is 0 Å². The number of rotatable bonds is 4. The van der Waals surface area contributed by atoms with Gasteiger partial charge in [0.1, 0.15) is 0 Å². The Kier molecular flexibility index (Phi) is 3.47. The summed E-state index contributed by atoms with van der Waals surface area (Å²) in [6.07, 6.45) is 3.81. The molecule has 66 valence electrons. The molecule has 0 amide bonds. The minimum atomic E-state index is -0.794. The van der Waals surface area contributed by atoms with Gasteiger partial charge in [-0.1, -0.05) is 13.3 Å². The fraction of sp³-hybridized carbons (Fsp3) is 0.500. The number of nitrogens with zero attached hydrogens (tertiary/aromatic N) is 2. The van der Waals surface area contributed by atoms with Crippen LogP contribution in [0.4, 0.5) is 0 Å². The van der Waals surface area contributed by atoms with E-state index in [2.05, 4.69) is 9.97 Å². The van der Waals surface area contributed by atoms with Crippen molar-refractivity contribution in [2.24, 2.45) is 0 Å². The van der Waals surface area contributed by atoms with E-state index in [1.165, 1.54) is 0 Å². The average Bonchev–Trinajstić information content (AvgIpc) is 2.06. The van der Waals surface area contributed by atoms with Gasteiger partial charge in [-0.3, -0.25) is 0 Å². The fourth-order valence-electron chi connectivity index (χ4n) is 0.774. The lowest BCUT2D eigenvalue weighted by molar-refractivity contribution is -0.0297. The highest BCUT2D eigenvalue weighted by Crippen LogP contribution is 2.03. The van der Waals surface area contributed by atoms with Crippen LogP contribution in [-0.4, -0.2) is 21.4 Å². The van der Waals surface area contributed by atoms with E-state index in [1.54, 1.807) is 18.5 Å². The van der Waals surface area contributed by atoms with E-state index in [0.29, 0.717) is 6.42 Å². The molecule has 1 rings (SSSR count). The maximum Gasteiger partial charge on any atom is 0.318 e. The summed E-state index contributed by atoms with van der Waals surface area (Å²) >= 11 is 0. The lowest BCUT2D eigenvalue weighted by atomic mass is 10.3. The van der Waals surface area contributed by atoms with Crippen LogP contribution < -0.4 is 4.74 Å². The van der Waals surface area contributed by atoms with Crippen molar-refractivity contribution < 1.29 is 9.84 Å². The quantitative estimate of drug-likeness (QED) is 0.681. The zero-order chi connectivity index (χ0) is 8.81. The molecule has 1 aromatic rings. The third kappa shape index (κ3) is 2.84. The molecule has 12 heavy (non-hydrogen) atoms.